The molecule has 152 valence electrons. The molecule has 3 fully saturated rings. The number of ether oxygens (including phenoxy) is 1. The number of aliphatic hydroxyl groups is 4. The van der Waals surface area contributed by atoms with Gasteiger partial charge in [-0.1, -0.05) is 13.8 Å². The molecule has 3 saturated carbocycles. The minimum atomic E-state index is -2.01. The Kier molecular flexibility index (Phi) is 3.56. The molecule has 0 unspecified atom stereocenters. The summed E-state index contributed by atoms with van der Waals surface area (Å²) in [5.74, 6) is -2.01. The summed E-state index contributed by atoms with van der Waals surface area (Å²) in [6.45, 7) is 10.8. The van der Waals surface area contributed by atoms with E-state index in [0.717, 1.165) is 0 Å². The van der Waals surface area contributed by atoms with Crippen molar-refractivity contribution in [3.8, 4) is 0 Å². The highest BCUT2D eigenvalue weighted by molar-refractivity contribution is 6.05. The summed E-state index contributed by atoms with van der Waals surface area (Å²) in [7, 11) is 0. The highest BCUT2D eigenvalue weighted by Gasteiger charge is 2.88. The van der Waals surface area contributed by atoms with E-state index in [1.165, 1.54) is 0 Å². The Labute approximate surface area is 160 Å². The van der Waals surface area contributed by atoms with Crippen molar-refractivity contribution in [1.29, 1.82) is 0 Å². The van der Waals surface area contributed by atoms with E-state index in [2.05, 4.69) is 0 Å². The van der Waals surface area contributed by atoms with Gasteiger partial charge < -0.3 is 25.2 Å². The third kappa shape index (κ3) is 1.93. The van der Waals surface area contributed by atoms with E-state index < -0.39 is 45.8 Å². The van der Waals surface area contributed by atoms with Crippen LogP contribution in [-0.2, 0) is 9.53 Å². The number of Topliss-reactive ketones (excluding diaryl/α,β-unsaturated/α-hetero) is 1. The van der Waals surface area contributed by atoms with Crippen molar-refractivity contribution in [3.05, 3.63) is 11.3 Å². The molecule has 4 N–H and O–H groups in total. The Bertz CT molecular complexity index is 746. The molecule has 4 aliphatic rings. The van der Waals surface area contributed by atoms with E-state index in [-0.39, 0.29) is 30.1 Å². The first-order valence-corrected chi connectivity index (χ1v) is 9.98. The Morgan fingerprint density at radius 1 is 1.22 bits per heavy atom. The van der Waals surface area contributed by atoms with Gasteiger partial charge in [0.05, 0.1) is 17.1 Å². The van der Waals surface area contributed by atoms with Crippen molar-refractivity contribution in [2.24, 2.45) is 23.7 Å². The molecule has 0 spiro atoms. The van der Waals surface area contributed by atoms with Crippen LogP contribution in [0.5, 0.6) is 0 Å². The SMILES string of the molecule is CC(C)CC1=C2C(=O)[C@H]3C[C@H](C(C)(C)O)[C@@]4(O)C[C@@H](C(C)(C)O1)[C@]2(O)[C@@]34O. The van der Waals surface area contributed by atoms with E-state index in [1.807, 2.05) is 27.7 Å². The van der Waals surface area contributed by atoms with Gasteiger partial charge in [0.2, 0.25) is 0 Å². The zero-order valence-corrected chi connectivity index (χ0v) is 17.0. The summed E-state index contributed by atoms with van der Waals surface area (Å²) < 4.78 is 6.21. The lowest BCUT2D eigenvalue weighted by molar-refractivity contribution is -0.220. The number of ketones is 1. The van der Waals surface area contributed by atoms with E-state index in [0.29, 0.717) is 12.2 Å². The van der Waals surface area contributed by atoms with Crippen molar-refractivity contribution >= 4 is 5.78 Å². The molecule has 0 radical (unpaired) electrons. The summed E-state index contributed by atoms with van der Waals surface area (Å²) in [5.41, 5.74) is -7.65. The standard InChI is InChI=1S/C21H32O6/c1-10(2)7-12-15-16(22)11-8-13(17(3,4)23)19(24)9-14(18(5,6)27-12)20(15,25)21(11,19)26/h10-11,13-14,23-26H,7-9H2,1-6H3/t11-,13-,14+,19+,20-,21-/m1/s1. The zero-order valence-electron chi connectivity index (χ0n) is 17.0. The summed E-state index contributed by atoms with van der Waals surface area (Å²) >= 11 is 0. The van der Waals surface area contributed by atoms with E-state index in [9.17, 15) is 25.2 Å². The maximum Gasteiger partial charge on any atom is 0.171 e. The molecule has 0 bridgehead atoms. The van der Waals surface area contributed by atoms with Crippen LogP contribution in [0, 0.1) is 23.7 Å². The number of hydrogen-bond donors (Lipinski definition) is 4. The molecular formula is C21H32O6. The average Bonchev–Trinajstić information content (AvgIpc) is 2.90. The first kappa shape index (κ1) is 19.4. The number of allylic oxidation sites excluding steroid dienone is 1. The zero-order chi connectivity index (χ0) is 20.4. The highest BCUT2D eigenvalue weighted by Crippen LogP contribution is 2.73. The molecule has 0 aromatic carbocycles. The highest BCUT2D eigenvalue weighted by atomic mass is 16.5. The van der Waals surface area contributed by atoms with Gasteiger partial charge in [-0.2, -0.15) is 0 Å². The van der Waals surface area contributed by atoms with Crippen molar-refractivity contribution < 1.29 is 30.0 Å². The first-order valence-electron chi connectivity index (χ1n) is 9.98. The van der Waals surface area contributed by atoms with Gasteiger partial charge in [0.15, 0.2) is 5.78 Å². The molecule has 0 aromatic rings. The fourth-order valence-corrected chi connectivity index (χ4v) is 6.74. The molecule has 0 amide bonds. The maximum absolute atomic E-state index is 13.4. The van der Waals surface area contributed by atoms with Gasteiger partial charge in [-0.25, -0.2) is 0 Å². The van der Waals surface area contributed by atoms with Crippen LogP contribution in [0.2, 0.25) is 0 Å². The second-order valence-electron chi connectivity index (χ2n) is 10.7. The maximum atomic E-state index is 13.4. The minimum absolute atomic E-state index is 0.0733. The van der Waals surface area contributed by atoms with Crippen molar-refractivity contribution in [1.82, 2.24) is 0 Å². The van der Waals surface area contributed by atoms with Crippen molar-refractivity contribution in [2.45, 2.75) is 88.8 Å². The number of carbonyl (C=O) groups is 1. The summed E-state index contributed by atoms with van der Waals surface area (Å²) in [4.78, 5) is 13.4. The van der Waals surface area contributed by atoms with Crippen LogP contribution in [0.3, 0.4) is 0 Å². The fraction of sp³-hybridized carbons (Fsp3) is 0.857. The molecule has 0 aromatic heterocycles. The molecule has 3 aliphatic carbocycles. The molecule has 27 heavy (non-hydrogen) atoms. The van der Waals surface area contributed by atoms with Gasteiger partial charge in [-0.3, -0.25) is 4.79 Å². The molecule has 6 nitrogen and oxygen atoms in total. The molecular weight excluding hydrogens is 348 g/mol. The molecule has 1 heterocycles. The number of carbonyl (C=O) groups excluding carboxylic acids is 1. The Morgan fingerprint density at radius 3 is 2.33 bits per heavy atom. The third-order valence-electron chi connectivity index (χ3n) is 7.71. The normalized spacial score (nSPS) is 47.7. The number of hydrogen-bond acceptors (Lipinski definition) is 6. The van der Waals surface area contributed by atoms with E-state index in [4.69, 9.17) is 4.74 Å². The van der Waals surface area contributed by atoms with E-state index in [1.54, 1.807) is 13.8 Å². The van der Waals surface area contributed by atoms with Gasteiger partial charge in [-0.05, 0) is 46.5 Å². The summed E-state index contributed by atoms with van der Waals surface area (Å²) in [6.07, 6.45) is 0.697. The van der Waals surface area contributed by atoms with Gasteiger partial charge >= 0.3 is 0 Å². The molecule has 6 atom stereocenters. The van der Waals surface area contributed by atoms with Gasteiger partial charge in [0, 0.05) is 18.3 Å². The van der Waals surface area contributed by atoms with Gasteiger partial charge in [-0.15, -0.1) is 0 Å². The second kappa shape index (κ2) is 4.96. The molecule has 4 rings (SSSR count). The largest absolute Gasteiger partial charge is 0.491 e. The molecule has 0 saturated heterocycles. The Hall–Kier alpha value is -0.950. The lowest BCUT2D eigenvalue weighted by Crippen LogP contribution is -2.65. The summed E-state index contributed by atoms with van der Waals surface area (Å²) in [5, 5.41) is 46.1. The fourth-order valence-electron chi connectivity index (χ4n) is 6.74. The van der Waals surface area contributed by atoms with Crippen LogP contribution in [0.4, 0.5) is 0 Å². The third-order valence-corrected chi connectivity index (χ3v) is 7.71. The minimum Gasteiger partial charge on any atom is -0.491 e. The Balaban J connectivity index is 1.99. The van der Waals surface area contributed by atoms with Crippen molar-refractivity contribution in [2.75, 3.05) is 0 Å². The van der Waals surface area contributed by atoms with Crippen molar-refractivity contribution in [3.63, 3.8) is 0 Å². The van der Waals surface area contributed by atoms with Crippen LogP contribution < -0.4 is 0 Å². The van der Waals surface area contributed by atoms with Gasteiger partial charge in [0.25, 0.3) is 0 Å². The molecule has 1 aliphatic heterocycles. The quantitative estimate of drug-likeness (QED) is 0.588. The van der Waals surface area contributed by atoms with Crippen LogP contribution in [0.15, 0.2) is 11.3 Å². The molecule has 6 heteroatoms. The summed E-state index contributed by atoms with van der Waals surface area (Å²) in [6, 6.07) is 0. The van der Waals surface area contributed by atoms with Crippen LogP contribution in [0.1, 0.15) is 60.8 Å². The average molecular weight is 380 g/mol. The smallest absolute Gasteiger partial charge is 0.171 e. The van der Waals surface area contributed by atoms with Crippen LogP contribution >= 0.6 is 0 Å². The van der Waals surface area contributed by atoms with E-state index >= 15 is 0 Å². The monoisotopic (exact) mass is 380 g/mol. The predicted octanol–water partition coefficient (Wildman–Crippen LogP) is 1.30. The van der Waals surface area contributed by atoms with Crippen LogP contribution in [0.25, 0.3) is 0 Å². The van der Waals surface area contributed by atoms with Gasteiger partial charge in [0.1, 0.15) is 28.2 Å². The lowest BCUT2D eigenvalue weighted by atomic mass is 9.70. The number of rotatable bonds is 3. The predicted molar refractivity (Wildman–Crippen MR) is 97.5 cm³/mol. The second-order valence-corrected chi connectivity index (χ2v) is 10.7. The first-order chi connectivity index (χ1) is 12.1. The Morgan fingerprint density at radius 2 is 1.81 bits per heavy atom. The lowest BCUT2D eigenvalue weighted by Gasteiger charge is -2.48. The topological polar surface area (TPSA) is 107 Å². The van der Waals surface area contributed by atoms with Crippen LogP contribution in [-0.4, -0.2) is 54.2 Å².